The van der Waals surface area contributed by atoms with Crippen LogP contribution in [0, 0.1) is 6.92 Å². The number of rotatable bonds is 3. The molecule has 2 aromatic heterocycles. The number of sulfone groups is 1. The van der Waals surface area contributed by atoms with Crippen LogP contribution in [0.1, 0.15) is 23.7 Å². The number of para-hydroxylation sites is 2. The normalized spacial score (nSPS) is 20.0. The molecule has 3 aromatic rings. The molecule has 1 saturated heterocycles. The minimum absolute atomic E-state index is 0.0799. The van der Waals surface area contributed by atoms with E-state index in [0.717, 1.165) is 11.0 Å². The van der Waals surface area contributed by atoms with Gasteiger partial charge in [-0.15, -0.1) is 0 Å². The zero-order valence-electron chi connectivity index (χ0n) is 13.5. The molecule has 1 atom stereocenters. The number of aromatic nitrogens is 4. The van der Waals surface area contributed by atoms with Crippen LogP contribution in [0.2, 0.25) is 5.15 Å². The van der Waals surface area contributed by atoms with Crippen LogP contribution in [0.15, 0.2) is 35.7 Å². The van der Waals surface area contributed by atoms with E-state index in [4.69, 9.17) is 11.6 Å². The first-order valence-electron chi connectivity index (χ1n) is 7.86. The summed E-state index contributed by atoms with van der Waals surface area (Å²) in [4.78, 5) is 4.29. The highest BCUT2D eigenvalue weighted by atomic mass is 35.5. The summed E-state index contributed by atoms with van der Waals surface area (Å²) >= 11 is 6.45. The van der Waals surface area contributed by atoms with Crippen LogP contribution in [0.5, 0.6) is 0 Å². The second kappa shape index (κ2) is 5.96. The molecule has 0 N–H and O–H groups in total. The molecule has 0 amide bonds. The molecule has 0 saturated carbocycles. The highest BCUT2D eigenvalue weighted by molar-refractivity contribution is 7.91. The van der Waals surface area contributed by atoms with Gasteiger partial charge in [0.2, 0.25) is 0 Å². The fraction of sp³-hybridized carbons (Fsp3) is 0.312. The third kappa shape index (κ3) is 2.96. The van der Waals surface area contributed by atoms with Crippen molar-refractivity contribution in [1.29, 1.82) is 0 Å². The highest BCUT2D eigenvalue weighted by Gasteiger charge is 2.31. The highest BCUT2D eigenvalue weighted by Crippen LogP contribution is 2.29. The number of fused-ring (bicyclic) bond motifs is 1. The lowest BCUT2D eigenvalue weighted by Gasteiger charge is -2.09. The summed E-state index contributed by atoms with van der Waals surface area (Å²) in [6.45, 7) is 1.83. The van der Waals surface area contributed by atoms with E-state index in [1.165, 1.54) is 0 Å². The Morgan fingerprint density at radius 1 is 1.36 bits per heavy atom. The van der Waals surface area contributed by atoms with E-state index in [9.17, 15) is 8.42 Å². The topological polar surface area (TPSA) is 82.1 Å². The van der Waals surface area contributed by atoms with Crippen molar-refractivity contribution in [3.05, 3.63) is 47.0 Å². The van der Waals surface area contributed by atoms with Gasteiger partial charge in [-0.05, 0) is 25.5 Å². The first kappa shape index (κ1) is 16.3. The molecular formula is C16H16ClN5O2S. The molecule has 0 radical (unpaired) electrons. The maximum Gasteiger partial charge on any atom is 0.152 e. The van der Waals surface area contributed by atoms with Crippen molar-refractivity contribution >= 4 is 38.7 Å². The van der Waals surface area contributed by atoms with Crippen LogP contribution < -0.4 is 0 Å². The number of hydrogen-bond donors (Lipinski definition) is 0. The Morgan fingerprint density at radius 3 is 2.92 bits per heavy atom. The molecule has 25 heavy (non-hydrogen) atoms. The summed E-state index contributed by atoms with van der Waals surface area (Å²) in [5.41, 5.74) is 3.14. The SMILES string of the molecule is Cc1nn([C@@H]2CCS(=O)(=O)C2)c(Cl)c1/C=N\n1cnc2ccccc21. The maximum absolute atomic E-state index is 11.7. The van der Waals surface area contributed by atoms with E-state index >= 15 is 0 Å². The van der Waals surface area contributed by atoms with E-state index in [0.29, 0.717) is 22.8 Å². The van der Waals surface area contributed by atoms with E-state index < -0.39 is 9.84 Å². The molecule has 1 aromatic carbocycles. The summed E-state index contributed by atoms with van der Waals surface area (Å²) in [6, 6.07) is 7.48. The Balaban J connectivity index is 1.67. The summed E-state index contributed by atoms with van der Waals surface area (Å²) in [7, 11) is -3.00. The molecule has 0 aliphatic carbocycles. The first-order valence-corrected chi connectivity index (χ1v) is 10.1. The fourth-order valence-electron chi connectivity index (χ4n) is 3.05. The van der Waals surface area contributed by atoms with Crippen molar-refractivity contribution in [1.82, 2.24) is 19.4 Å². The third-order valence-corrected chi connectivity index (χ3v) is 6.50. The molecule has 3 heterocycles. The van der Waals surface area contributed by atoms with Gasteiger partial charge in [0, 0.05) is 0 Å². The van der Waals surface area contributed by atoms with Crippen LogP contribution in [0.4, 0.5) is 0 Å². The van der Waals surface area contributed by atoms with Crippen LogP contribution in [-0.2, 0) is 9.84 Å². The van der Waals surface area contributed by atoms with Gasteiger partial charge in [-0.1, -0.05) is 23.7 Å². The smallest absolute Gasteiger partial charge is 0.152 e. The van der Waals surface area contributed by atoms with E-state index in [-0.39, 0.29) is 17.5 Å². The maximum atomic E-state index is 11.7. The van der Waals surface area contributed by atoms with Crippen molar-refractivity contribution in [3.63, 3.8) is 0 Å². The Morgan fingerprint density at radius 2 is 2.16 bits per heavy atom. The largest absolute Gasteiger partial charge is 0.249 e. The lowest BCUT2D eigenvalue weighted by atomic mass is 10.2. The number of nitrogens with zero attached hydrogens (tertiary/aromatic N) is 5. The van der Waals surface area contributed by atoms with E-state index in [1.54, 1.807) is 21.9 Å². The van der Waals surface area contributed by atoms with Gasteiger partial charge in [0.15, 0.2) is 9.84 Å². The van der Waals surface area contributed by atoms with E-state index in [1.807, 2.05) is 31.2 Å². The van der Waals surface area contributed by atoms with Crippen molar-refractivity contribution in [2.75, 3.05) is 11.5 Å². The average Bonchev–Trinajstić information content (AvgIpc) is 3.23. The molecular weight excluding hydrogens is 362 g/mol. The van der Waals surface area contributed by atoms with Crippen LogP contribution in [0.25, 0.3) is 11.0 Å². The molecule has 0 spiro atoms. The predicted octanol–water partition coefficient (Wildman–Crippen LogP) is 2.44. The van der Waals surface area contributed by atoms with Crippen molar-refractivity contribution in [3.8, 4) is 0 Å². The van der Waals surface area contributed by atoms with Gasteiger partial charge >= 0.3 is 0 Å². The van der Waals surface area contributed by atoms with Crippen molar-refractivity contribution in [2.24, 2.45) is 5.10 Å². The lowest BCUT2D eigenvalue weighted by Crippen LogP contribution is -2.12. The molecule has 0 bridgehead atoms. The summed E-state index contributed by atoms with van der Waals surface area (Å²) in [5, 5.41) is 9.26. The molecule has 7 nitrogen and oxygen atoms in total. The number of hydrogen-bond acceptors (Lipinski definition) is 5. The number of aryl methyl sites for hydroxylation is 1. The zero-order valence-corrected chi connectivity index (χ0v) is 15.1. The molecule has 1 fully saturated rings. The number of benzene rings is 1. The zero-order chi connectivity index (χ0) is 17.6. The summed E-state index contributed by atoms with van der Waals surface area (Å²) < 4.78 is 26.7. The van der Waals surface area contributed by atoms with Gasteiger partial charge in [0.25, 0.3) is 0 Å². The second-order valence-electron chi connectivity index (χ2n) is 6.11. The fourth-order valence-corrected chi connectivity index (χ4v) is 5.10. The van der Waals surface area contributed by atoms with Gasteiger partial charge in [-0.3, -0.25) is 0 Å². The minimum Gasteiger partial charge on any atom is -0.249 e. The summed E-state index contributed by atoms with van der Waals surface area (Å²) in [5.74, 6) is 0.258. The number of imidazole rings is 1. The summed E-state index contributed by atoms with van der Waals surface area (Å²) in [6.07, 6.45) is 3.81. The molecule has 4 rings (SSSR count). The second-order valence-corrected chi connectivity index (χ2v) is 8.70. The monoisotopic (exact) mass is 377 g/mol. The third-order valence-electron chi connectivity index (χ3n) is 4.37. The predicted molar refractivity (Wildman–Crippen MR) is 97.0 cm³/mol. The Kier molecular flexibility index (Phi) is 3.88. The molecule has 1 aliphatic heterocycles. The molecule has 130 valence electrons. The van der Waals surface area contributed by atoms with Gasteiger partial charge in [-0.25, -0.2) is 22.8 Å². The quantitative estimate of drug-likeness (QED) is 0.656. The Bertz CT molecular complexity index is 1080. The van der Waals surface area contributed by atoms with Crippen LogP contribution in [0.3, 0.4) is 0 Å². The van der Waals surface area contributed by atoms with E-state index in [2.05, 4.69) is 15.2 Å². The van der Waals surface area contributed by atoms with Crippen LogP contribution >= 0.6 is 11.6 Å². The molecule has 0 unspecified atom stereocenters. The van der Waals surface area contributed by atoms with Gasteiger partial charge in [-0.2, -0.15) is 10.2 Å². The van der Waals surface area contributed by atoms with Gasteiger partial charge in [0.1, 0.15) is 11.5 Å². The molecule has 1 aliphatic rings. The van der Waals surface area contributed by atoms with Crippen LogP contribution in [-0.4, -0.2) is 45.6 Å². The average molecular weight is 378 g/mol. The first-order chi connectivity index (χ1) is 11.9. The number of halogens is 1. The minimum atomic E-state index is -3.00. The van der Waals surface area contributed by atoms with Gasteiger partial charge < -0.3 is 0 Å². The Hall–Kier alpha value is -2.19. The molecule has 9 heteroatoms. The standard InChI is InChI=1S/C16H16ClN5O2S/c1-11-13(8-19-21-10-18-14-4-2-3-5-15(14)21)16(17)22(20-11)12-6-7-25(23,24)9-12/h2-5,8,10,12H,6-7,9H2,1H3/b19-8-/t12-/m1/s1. The van der Waals surface area contributed by atoms with Crippen molar-refractivity contribution in [2.45, 2.75) is 19.4 Å². The van der Waals surface area contributed by atoms with Gasteiger partial charge in [0.05, 0.1) is 46.1 Å². The van der Waals surface area contributed by atoms with Crippen molar-refractivity contribution < 1.29 is 8.42 Å². The Labute approximate surface area is 149 Å². The lowest BCUT2D eigenvalue weighted by molar-refractivity contribution is 0.497.